The van der Waals surface area contributed by atoms with Gasteiger partial charge in [-0.2, -0.15) is 20.3 Å². The Balaban J connectivity index is 0.000000123. The third kappa shape index (κ3) is 2.14. The van der Waals surface area contributed by atoms with Crippen LogP contribution in [0.4, 0.5) is 11.8 Å². The first-order valence-corrected chi connectivity index (χ1v) is 5.42. The monoisotopic (exact) mass is 271 g/mol. The van der Waals surface area contributed by atoms with Gasteiger partial charge >= 0.3 is 0 Å². The molecule has 4 aromatic heterocycles. The van der Waals surface area contributed by atoms with Crippen LogP contribution in [0.15, 0.2) is 18.9 Å². The summed E-state index contributed by atoms with van der Waals surface area (Å²) in [5.74, 6) is 0.338. The van der Waals surface area contributed by atoms with E-state index in [0.29, 0.717) is 16.8 Å². The molecule has 4 aromatic rings. The van der Waals surface area contributed by atoms with Gasteiger partial charge in [0.1, 0.15) is 11.8 Å². The maximum Gasteiger partial charge on any atom is 0.224 e. The highest BCUT2D eigenvalue weighted by molar-refractivity contribution is 5.81. The topological polar surface area (TPSA) is 174 Å². The van der Waals surface area contributed by atoms with Crippen molar-refractivity contribution in [2.24, 2.45) is 0 Å². The van der Waals surface area contributed by atoms with Gasteiger partial charge in [-0.1, -0.05) is 0 Å². The maximum atomic E-state index is 5.45. The molecule has 0 aliphatic rings. The van der Waals surface area contributed by atoms with Crippen LogP contribution in [0.25, 0.3) is 22.3 Å². The minimum Gasteiger partial charge on any atom is -0.382 e. The average molecular weight is 271 g/mol. The van der Waals surface area contributed by atoms with Crippen molar-refractivity contribution >= 4 is 34.1 Å². The fourth-order valence-electron chi connectivity index (χ4n) is 1.48. The zero-order valence-corrected chi connectivity index (χ0v) is 10.0. The van der Waals surface area contributed by atoms with Gasteiger partial charge in [0.25, 0.3) is 0 Å². The van der Waals surface area contributed by atoms with E-state index in [4.69, 9.17) is 11.5 Å². The number of aromatic nitrogens is 9. The van der Waals surface area contributed by atoms with Gasteiger partial charge in [-0.05, 0) is 0 Å². The van der Waals surface area contributed by atoms with Crippen LogP contribution in [0.3, 0.4) is 0 Å². The summed E-state index contributed by atoms with van der Waals surface area (Å²) in [6.45, 7) is 0. The van der Waals surface area contributed by atoms with Crippen LogP contribution in [0.2, 0.25) is 0 Å². The van der Waals surface area contributed by atoms with Crippen molar-refractivity contribution in [1.29, 1.82) is 0 Å². The fraction of sp³-hybridized carbons (Fsp3) is 0. The van der Waals surface area contributed by atoms with Crippen molar-refractivity contribution < 1.29 is 0 Å². The molecule has 0 spiro atoms. The van der Waals surface area contributed by atoms with Gasteiger partial charge in [0.2, 0.25) is 11.6 Å². The summed E-state index contributed by atoms with van der Waals surface area (Å²) in [5, 5.41) is 9.78. The highest BCUT2D eigenvalue weighted by Gasteiger charge is 2.05. The number of nitrogen functional groups attached to an aromatic ring is 2. The van der Waals surface area contributed by atoms with Crippen molar-refractivity contribution in [2.45, 2.75) is 0 Å². The minimum absolute atomic E-state index is 0.101. The first-order chi connectivity index (χ1) is 9.74. The van der Waals surface area contributed by atoms with Gasteiger partial charge in [-0.3, -0.25) is 0 Å². The summed E-state index contributed by atoms with van der Waals surface area (Å²) < 4.78 is 0. The molecule has 11 nitrogen and oxygen atoms in total. The third-order valence-corrected chi connectivity index (χ3v) is 2.33. The number of hydrogen-bond acceptors (Lipinski definition) is 9. The zero-order chi connectivity index (χ0) is 13.9. The van der Waals surface area contributed by atoms with Gasteiger partial charge in [0.05, 0.1) is 12.5 Å². The Morgan fingerprint density at radius 2 is 1.90 bits per heavy atom. The molecule has 0 bridgehead atoms. The number of nitrogens with one attached hydrogen (secondary N) is 2. The number of fused-ring (bicyclic) bond motifs is 2. The Labute approximate surface area is 110 Å². The van der Waals surface area contributed by atoms with Gasteiger partial charge in [0, 0.05) is 0 Å². The summed E-state index contributed by atoms with van der Waals surface area (Å²) in [6.07, 6.45) is 4.76. The van der Waals surface area contributed by atoms with Crippen LogP contribution in [-0.2, 0) is 0 Å². The number of H-pyrrole nitrogens is 2. The van der Waals surface area contributed by atoms with Gasteiger partial charge in [-0.15, -0.1) is 5.10 Å². The normalized spacial score (nSPS) is 10.4. The molecule has 0 radical (unpaired) electrons. The third-order valence-electron chi connectivity index (χ3n) is 2.33. The Bertz CT molecular complexity index is 817. The molecule has 0 saturated heterocycles. The van der Waals surface area contributed by atoms with Crippen molar-refractivity contribution in [1.82, 2.24) is 45.3 Å². The number of aromatic amines is 2. The molecule has 0 aliphatic carbocycles. The SMILES string of the molecule is Nc1nc(N)c2n[nH]nc2n1.c1ncc2[nH]cnc2n1. The molecule has 0 aliphatic heterocycles. The largest absolute Gasteiger partial charge is 0.382 e. The van der Waals surface area contributed by atoms with Crippen LogP contribution >= 0.6 is 0 Å². The second kappa shape index (κ2) is 4.72. The number of rotatable bonds is 0. The lowest BCUT2D eigenvalue weighted by Gasteiger charge is -1.92. The van der Waals surface area contributed by atoms with Crippen molar-refractivity contribution in [3.8, 4) is 0 Å². The van der Waals surface area contributed by atoms with Crippen LogP contribution in [0.5, 0.6) is 0 Å². The van der Waals surface area contributed by atoms with Gasteiger partial charge < -0.3 is 16.5 Å². The molecular formula is C9H9N11. The first-order valence-electron chi connectivity index (χ1n) is 5.42. The quantitative estimate of drug-likeness (QED) is 0.321. The Kier molecular flexibility index (Phi) is 2.76. The van der Waals surface area contributed by atoms with Crippen LogP contribution in [0, 0.1) is 0 Å². The van der Waals surface area contributed by atoms with Crippen LogP contribution in [0.1, 0.15) is 0 Å². The van der Waals surface area contributed by atoms with E-state index < -0.39 is 0 Å². The van der Waals surface area contributed by atoms with E-state index in [-0.39, 0.29) is 11.8 Å². The lowest BCUT2D eigenvalue weighted by atomic mass is 10.5. The smallest absolute Gasteiger partial charge is 0.224 e. The molecule has 0 unspecified atom stereocenters. The van der Waals surface area contributed by atoms with E-state index in [1.165, 1.54) is 6.33 Å². The Morgan fingerprint density at radius 1 is 1.00 bits per heavy atom. The Hall–Kier alpha value is -3.37. The lowest BCUT2D eigenvalue weighted by molar-refractivity contribution is 0.955. The number of hydrogen-bond donors (Lipinski definition) is 4. The molecule has 0 amide bonds. The van der Waals surface area contributed by atoms with E-state index in [0.717, 1.165) is 5.52 Å². The molecule has 100 valence electrons. The standard InChI is InChI=1S/C5H4N4.C4H5N7/c1-4-5(8-2-6-1)9-3-7-4;5-2-1-3(10-11-9-1)8-4(6)7-2/h1-3H,(H,6,7,8,9);(H5,5,6,7,8,9,10,11). The highest BCUT2D eigenvalue weighted by atomic mass is 15.4. The maximum absolute atomic E-state index is 5.45. The van der Waals surface area contributed by atoms with E-state index in [1.54, 1.807) is 12.5 Å². The summed E-state index contributed by atoms with van der Waals surface area (Å²) in [5.41, 5.74) is 13.2. The number of anilines is 2. The summed E-state index contributed by atoms with van der Waals surface area (Å²) in [4.78, 5) is 22.0. The predicted molar refractivity (Wildman–Crippen MR) is 70.0 cm³/mol. The van der Waals surface area contributed by atoms with Crippen molar-refractivity contribution in [2.75, 3.05) is 11.5 Å². The second-order valence-corrected chi connectivity index (χ2v) is 3.63. The summed E-state index contributed by atoms with van der Waals surface area (Å²) in [7, 11) is 0. The first kappa shape index (κ1) is 11.7. The second-order valence-electron chi connectivity index (χ2n) is 3.63. The lowest BCUT2D eigenvalue weighted by Crippen LogP contribution is -1.99. The van der Waals surface area contributed by atoms with E-state index in [2.05, 4.69) is 45.3 Å². The molecule has 11 heteroatoms. The summed E-state index contributed by atoms with van der Waals surface area (Å²) >= 11 is 0. The van der Waals surface area contributed by atoms with Crippen molar-refractivity contribution in [3.63, 3.8) is 0 Å². The number of imidazole rings is 1. The summed E-state index contributed by atoms with van der Waals surface area (Å²) in [6, 6.07) is 0. The molecule has 0 fully saturated rings. The van der Waals surface area contributed by atoms with Gasteiger partial charge in [-0.25, -0.2) is 15.0 Å². The van der Waals surface area contributed by atoms with E-state index in [1.807, 2.05) is 0 Å². The number of nitrogens with zero attached hydrogens (tertiary/aromatic N) is 7. The number of nitrogens with two attached hydrogens (primary N) is 2. The predicted octanol–water partition coefficient (Wildman–Crippen LogP) is -0.735. The average Bonchev–Trinajstić information content (AvgIpc) is 3.06. The van der Waals surface area contributed by atoms with Crippen LogP contribution < -0.4 is 11.5 Å². The van der Waals surface area contributed by atoms with Gasteiger partial charge in [0.15, 0.2) is 17.0 Å². The molecule has 0 aromatic carbocycles. The van der Waals surface area contributed by atoms with Crippen LogP contribution in [-0.4, -0.2) is 45.3 Å². The molecule has 20 heavy (non-hydrogen) atoms. The molecular weight excluding hydrogens is 262 g/mol. The van der Waals surface area contributed by atoms with E-state index >= 15 is 0 Å². The molecule has 4 heterocycles. The molecule has 6 N–H and O–H groups in total. The van der Waals surface area contributed by atoms with E-state index in [9.17, 15) is 0 Å². The highest BCUT2D eigenvalue weighted by Crippen LogP contribution is 2.11. The minimum atomic E-state index is 0.101. The zero-order valence-electron chi connectivity index (χ0n) is 10.0. The molecule has 4 rings (SSSR count). The Morgan fingerprint density at radius 3 is 2.75 bits per heavy atom. The fourth-order valence-corrected chi connectivity index (χ4v) is 1.48. The molecule has 0 saturated carbocycles. The van der Waals surface area contributed by atoms with Crippen molar-refractivity contribution in [3.05, 3.63) is 18.9 Å². The molecule has 0 atom stereocenters.